The number of hydrogen-bond donors (Lipinski definition) is 3. The van der Waals surface area contributed by atoms with E-state index in [0.717, 1.165) is 22.3 Å². The second-order valence-corrected chi connectivity index (χ2v) is 7.85. The fourth-order valence-electron chi connectivity index (χ4n) is 4.05. The molecule has 2 heterocycles. The molecule has 0 amide bonds. The molecule has 0 saturated carbocycles. The SMILES string of the molecule is N#Cc1ccc(Cc2cc(C3CC(O)[C@H](O)C(CO)O3)c3c(c2Cl)OCC3)cc1. The third-order valence-corrected chi connectivity index (χ3v) is 6.02. The van der Waals surface area contributed by atoms with Crippen molar-refractivity contribution < 1.29 is 24.8 Å². The van der Waals surface area contributed by atoms with Gasteiger partial charge in [-0.25, -0.2) is 0 Å². The summed E-state index contributed by atoms with van der Waals surface area (Å²) in [6, 6.07) is 11.4. The maximum atomic E-state index is 10.2. The van der Waals surface area contributed by atoms with Gasteiger partial charge in [0, 0.05) is 18.4 Å². The van der Waals surface area contributed by atoms with Crippen LogP contribution in [0.1, 0.15) is 40.3 Å². The van der Waals surface area contributed by atoms with Gasteiger partial charge in [-0.15, -0.1) is 0 Å². The molecule has 0 radical (unpaired) electrons. The maximum Gasteiger partial charge on any atom is 0.141 e. The van der Waals surface area contributed by atoms with Crippen molar-refractivity contribution in [1.82, 2.24) is 0 Å². The summed E-state index contributed by atoms with van der Waals surface area (Å²) in [6.45, 7) is 0.142. The minimum Gasteiger partial charge on any atom is -0.491 e. The molecule has 0 aromatic heterocycles. The van der Waals surface area contributed by atoms with Gasteiger partial charge >= 0.3 is 0 Å². The Hall–Kier alpha value is -2.14. The van der Waals surface area contributed by atoms with Crippen LogP contribution in [0, 0.1) is 11.3 Å². The van der Waals surface area contributed by atoms with E-state index in [0.29, 0.717) is 35.8 Å². The molecule has 0 aliphatic carbocycles. The smallest absolute Gasteiger partial charge is 0.141 e. The summed E-state index contributed by atoms with van der Waals surface area (Å²) in [5.74, 6) is 0.637. The second-order valence-electron chi connectivity index (χ2n) is 7.47. The number of ether oxygens (including phenoxy) is 2. The molecule has 2 aliphatic heterocycles. The Morgan fingerprint density at radius 3 is 2.66 bits per heavy atom. The molecular weight excluding hydrogens is 394 g/mol. The molecule has 2 aromatic rings. The van der Waals surface area contributed by atoms with Gasteiger partial charge in [0.25, 0.3) is 0 Å². The van der Waals surface area contributed by atoms with E-state index in [4.69, 9.17) is 26.3 Å². The summed E-state index contributed by atoms with van der Waals surface area (Å²) in [5.41, 5.74) is 4.27. The van der Waals surface area contributed by atoms with Crippen molar-refractivity contribution in [3.8, 4) is 11.8 Å². The number of fused-ring (bicyclic) bond motifs is 1. The van der Waals surface area contributed by atoms with Gasteiger partial charge in [-0.1, -0.05) is 29.8 Å². The van der Waals surface area contributed by atoms with E-state index in [2.05, 4.69) is 6.07 Å². The summed E-state index contributed by atoms with van der Waals surface area (Å²) in [6.07, 6.45) is -1.97. The van der Waals surface area contributed by atoms with Crippen molar-refractivity contribution in [3.05, 3.63) is 63.2 Å². The van der Waals surface area contributed by atoms with Crippen molar-refractivity contribution in [1.29, 1.82) is 5.26 Å². The van der Waals surface area contributed by atoms with Gasteiger partial charge in [-0.3, -0.25) is 0 Å². The van der Waals surface area contributed by atoms with E-state index in [1.807, 2.05) is 18.2 Å². The molecule has 2 aromatic carbocycles. The lowest BCUT2D eigenvalue weighted by atomic mass is 9.88. The zero-order valence-electron chi connectivity index (χ0n) is 15.7. The van der Waals surface area contributed by atoms with Gasteiger partial charge in [0.1, 0.15) is 18.0 Å². The maximum absolute atomic E-state index is 10.2. The van der Waals surface area contributed by atoms with E-state index >= 15 is 0 Å². The molecule has 4 rings (SSSR count). The van der Waals surface area contributed by atoms with E-state index in [1.54, 1.807) is 12.1 Å². The van der Waals surface area contributed by atoms with Gasteiger partial charge in [0.2, 0.25) is 0 Å². The van der Waals surface area contributed by atoms with Crippen molar-refractivity contribution in [3.63, 3.8) is 0 Å². The number of aliphatic hydroxyl groups excluding tert-OH is 3. The van der Waals surface area contributed by atoms with Crippen LogP contribution in [-0.2, 0) is 17.6 Å². The first kappa shape index (κ1) is 20.1. The molecular formula is C22H22ClNO5. The van der Waals surface area contributed by atoms with Crippen LogP contribution in [0.15, 0.2) is 30.3 Å². The average molecular weight is 416 g/mol. The minimum absolute atomic E-state index is 0.224. The van der Waals surface area contributed by atoms with Crippen LogP contribution < -0.4 is 4.74 Å². The number of hydrogen-bond acceptors (Lipinski definition) is 6. The van der Waals surface area contributed by atoms with E-state index in [9.17, 15) is 15.3 Å². The highest BCUT2D eigenvalue weighted by Gasteiger charge is 2.39. The first-order valence-electron chi connectivity index (χ1n) is 9.60. The van der Waals surface area contributed by atoms with Crippen LogP contribution in [-0.4, -0.2) is 46.8 Å². The Bertz CT molecular complexity index is 940. The number of rotatable bonds is 4. The van der Waals surface area contributed by atoms with E-state index in [-0.39, 0.29) is 13.0 Å². The fourth-order valence-corrected chi connectivity index (χ4v) is 4.34. The summed E-state index contributed by atoms with van der Waals surface area (Å²) in [7, 11) is 0. The molecule has 1 fully saturated rings. The van der Waals surface area contributed by atoms with E-state index in [1.165, 1.54) is 0 Å². The van der Waals surface area contributed by atoms with Crippen LogP contribution in [0.4, 0.5) is 0 Å². The van der Waals surface area contributed by atoms with Gasteiger partial charge < -0.3 is 24.8 Å². The molecule has 0 spiro atoms. The van der Waals surface area contributed by atoms with Crippen molar-refractivity contribution in [2.24, 2.45) is 0 Å². The lowest BCUT2D eigenvalue weighted by Crippen LogP contribution is -2.47. The largest absolute Gasteiger partial charge is 0.491 e. The number of benzene rings is 2. The van der Waals surface area contributed by atoms with Crippen molar-refractivity contribution >= 4 is 11.6 Å². The van der Waals surface area contributed by atoms with Crippen LogP contribution in [0.25, 0.3) is 0 Å². The molecule has 6 nitrogen and oxygen atoms in total. The minimum atomic E-state index is -1.12. The molecule has 3 unspecified atom stereocenters. The summed E-state index contributed by atoms with van der Waals surface area (Å²) in [4.78, 5) is 0. The molecule has 3 N–H and O–H groups in total. The van der Waals surface area contributed by atoms with Crippen molar-refractivity contribution in [2.75, 3.05) is 13.2 Å². The molecule has 4 atom stereocenters. The second kappa shape index (κ2) is 8.31. The van der Waals surface area contributed by atoms with Gasteiger partial charge in [-0.05, 0) is 35.2 Å². The molecule has 0 bridgehead atoms. The van der Waals surface area contributed by atoms with Crippen LogP contribution in [0.5, 0.6) is 5.75 Å². The third-order valence-electron chi connectivity index (χ3n) is 5.61. The Labute approximate surface area is 173 Å². The monoisotopic (exact) mass is 415 g/mol. The molecule has 152 valence electrons. The van der Waals surface area contributed by atoms with Gasteiger partial charge in [0.15, 0.2) is 0 Å². The number of nitrogens with zero attached hydrogens (tertiary/aromatic N) is 1. The molecule has 29 heavy (non-hydrogen) atoms. The number of nitriles is 1. The zero-order valence-corrected chi connectivity index (χ0v) is 16.5. The first-order chi connectivity index (χ1) is 14.0. The predicted octanol–water partition coefficient (Wildman–Crippen LogP) is 2.28. The molecule has 1 saturated heterocycles. The Balaban J connectivity index is 1.70. The zero-order chi connectivity index (χ0) is 20.5. The highest BCUT2D eigenvalue weighted by atomic mass is 35.5. The van der Waals surface area contributed by atoms with Crippen molar-refractivity contribution in [2.45, 2.75) is 43.7 Å². The number of halogens is 1. The van der Waals surface area contributed by atoms with Crippen LogP contribution in [0.2, 0.25) is 5.02 Å². The predicted molar refractivity (Wildman–Crippen MR) is 106 cm³/mol. The lowest BCUT2D eigenvalue weighted by molar-refractivity contribution is -0.181. The van der Waals surface area contributed by atoms with Crippen LogP contribution in [0.3, 0.4) is 0 Å². The topological polar surface area (TPSA) is 103 Å². The molecule has 7 heteroatoms. The summed E-state index contributed by atoms with van der Waals surface area (Å²) in [5, 5.41) is 39.3. The van der Waals surface area contributed by atoms with E-state index < -0.39 is 24.4 Å². The highest BCUT2D eigenvalue weighted by molar-refractivity contribution is 6.33. The summed E-state index contributed by atoms with van der Waals surface area (Å²) < 4.78 is 11.7. The Kier molecular flexibility index (Phi) is 5.77. The first-order valence-corrected chi connectivity index (χ1v) is 9.98. The fraction of sp³-hybridized carbons (Fsp3) is 0.409. The van der Waals surface area contributed by atoms with Gasteiger partial charge in [0.05, 0.1) is 42.1 Å². The Morgan fingerprint density at radius 2 is 1.97 bits per heavy atom. The molecule has 2 aliphatic rings. The van der Waals surface area contributed by atoms with Crippen LogP contribution >= 0.6 is 11.6 Å². The quantitative estimate of drug-likeness (QED) is 0.708. The van der Waals surface area contributed by atoms with Gasteiger partial charge in [-0.2, -0.15) is 5.26 Å². The average Bonchev–Trinajstić information content (AvgIpc) is 3.23. The third kappa shape index (κ3) is 3.85. The standard InChI is InChI=1S/C22H22ClNO5/c23-20-14(7-12-1-3-13(10-24)4-2-12)8-16(15-5-6-28-22(15)20)18-9-17(26)21(27)19(11-25)29-18/h1-4,8,17-19,21,25-27H,5-7,9,11H2/t17?,18?,19?,21-/m0/s1. The highest BCUT2D eigenvalue weighted by Crippen LogP contribution is 2.44. The lowest BCUT2D eigenvalue weighted by Gasteiger charge is -2.37. The summed E-state index contributed by atoms with van der Waals surface area (Å²) >= 11 is 6.63. The number of aliphatic hydroxyl groups is 3. The normalized spacial score (nSPS) is 25.9. The Morgan fingerprint density at radius 1 is 1.21 bits per heavy atom.